The van der Waals surface area contributed by atoms with Gasteiger partial charge in [-0.25, -0.2) is 0 Å². The highest BCUT2D eigenvalue weighted by molar-refractivity contribution is 5.85. The zero-order valence-corrected chi connectivity index (χ0v) is 12.6. The maximum absolute atomic E-state index is 5.88. The first-order valence-corrected chi connectivity index (χ1v) is 7.04. The molecule has 0 bridgehead atoms. The van der Waals surface area contributed by atoms with Crippen LogP contribution in [0.3, 0.4) is 0 Å². The van der Waals surface area contributed by atoms with Gasteiger partial charge in [0.25, 0.3) is 0 Å². The van der Waals surface area contributed by atoms with Gasteiger partial charge in [0, 0.05) is 17.8 Å². The van der Waals surface area contributed by atoms with Crippen LogP contribution < -0.4 is 5.32 Å². The first-order valence-electron chi connectivity index (χ1n) is 7.04. The number of furan rings is 1. The van der Waals surface area contributed by atoms with E-state index in [4.69, 9.17) is 4.42 Å². The summed E-state index contributed by atoms with van der Waals surface area (Å²) in [5, 5.41) is 4.81. The van der Waals surface area contributed by atoms with Crippen molar-refractivity contribution in [1.29, 1.82) is 0 Å². The van der Waals surface area contributed by atoms with Crippen LogP contribution in [-0.4, -0.2) is 12.6 Å². The molecule has 2 aromatic rings. The van der Waals surface area contributed by atoms with Crippen molar-refractivity contribution in [3.63, 3.8) is 0 Å². The molecule has 0 saturated carbocycles. The number of hydrogen-bond acceptors (Lipinski definition) is 2. The molecular weight excluding hydrogens is 258 g/mol. The van der Waals surface area contributed by atoms with Crippen LogP contribution in [0.2, 0.25) is 0 Å². The number of halogens is 1. The molecule has 2 nitrogen and oxygen atoms in total. The minimum absolute atomic E-state index is 0. The number of nitrogens with one attached hydrogen (secondary N) is 1. The molecule has 0 amide bonds. The Balaban J connectivity index is 0.00000180. The van der Waals surface area contributed by atoms with Gasteiger partial charge in [-0.15, -0.1) is 12.4 Å². The summed E-state index contributed by atoms with van der Waals surface area (Å²) >= 11 is 0. The second-order valence-electron chi connectivity index (χ2n) is 4.89. The van der Waals surface area contributed by atoms with Gasteiger partial charge in [0.15, 0.2) is 0 Å². The monoisotopic (exact) mass is 281 g/mol. The first-order chi connectivity index (χ1) is 8.83. The number of benzene rings is 1. The van der Waals surface area contributed by atoms with E-state index < -0.39 is 0 Å². The van der Waals surface area contributed by atoms with E-state index in [1.165, 1.54) is 24.6 Å². The third kappa shape index (κ3) is 4.55. The normalized spacial score (nSPS) is 12.3. The number of fused-ring (bicyclic) bond motifs is 1. The summed E-state index contributed by atoms with van der Waals surface area (Å²) in [5.74, 6) is 1.10. The summed E-state index contributed by atoms with van der Waals surface area (Å²) in [7, 11) is 0. The van der Waals surface area contributed by atoms with Crippen LogP contribution in [0.15, 0.2) is 34.7 Å². The maximum Gasteiger partial charge on any atom is 0.134 e. The van der Waals surface area contributed by atoms with Crippen molar-refractivity contribution in [2.75, 3.05) is 6.54 Å². The molecule has 0 aliphatic carbocycles. The fraction of sp³-hybridized carbons (Fsp3) is 0.500. The topological polar surface area (TPSA) is 25.2 Å². The number of rotatable bonds is 7. The smallest absolute Gasteiger partial charge is 0.134 e. The van der Waals surface area contributed by atoms with Crippen molar-refractivity contribution in [2.24, 2.45) is 0 Å². The summed E-state index contributed by atoms with van der Waals surface area (Å²) in [6.07, 6.45) is 4.58. The standard InChI is InChI=1S/C16H23NO.ClH/c1-3-7-14(17-10-4-2)12-15-11-13-8-5-6-9-16(13)18-15;/h5-6,8-9,11,14,17H,3-4,7,10,12H2,1-2H3;1H/t14-;/m0./s1. The average molecular weight is 282 g/mol. The van der Waals surface area contributed by atoms with Crippen LogP contribution >= 0.6 is 12.4 Å². The van der Waals surface area contributed by atoms with E-state index in [1.54, 1.807) is 0 Å². The Morgan fingerprint density at radius 1 is 1.16 bits per heavy atom. The maximum atomic E-state index is 5.88. The molecule has 1 atom stereocenters. The average Bonchev–Trinajstić information content (AvgIpc) is 2.78. The minimum Gasteiger partial charge on any atom is -0.461 e. The Morgan fingerprint density at radius 2 is 1.95 bits per heavy atom. The number of para-hydroxylation sites is 1. The molecule has 0 spiro atoms. The van der Waals surface area contributed by atoms with Crippen LogP contribution in [0, 0.1) is 0 Å². The van der Waals surface area contributed by atoms with Gasteiger partial charge in [-0.1, -0.05) is 38.5 Å². The fourth-order valence-corrected chi connectivity index (χ4v) is 2.35. The Morgan fingerprint density at radius 3 is 2.63 bits per heavy atom. The van der Waals surface area contributed by atoms with Crippen LogP contribution in [0.4, 0.5) is 0 Å². The summed E-state index contributed by atoms with van der Waals surface area (Å²) in [5.41, 5.74) is 0.998. The number of hydrogen-bond donors (Lipinski definition) is 1. The van der Waals surface area contributed by atoms with Crippen LogP contribution in [-0.2, 0) is 6.42 Å². The SMILES string of the molecule is CCCN[C@@H](CCC)Cc1cc2ccccc2o1.Cl. The van der Waals surface area contributed by atoms with E-state index in [1.807, 2.05) is 12.1 Å². The molecule has 0 unspecified atom stereocenters. The van der Waals surface area contributed by atoms with E-state index in [-0.39, 0.29) is 12.4 Å². The lowest BCUT2D eigenvalue weighted by molar-refractivity contribution is 0.432. The third-order valence-corrected chi connectivity index (χ3v) is 3.24. The van der Waals surface area contributed by atoms with Crippen molar-refractivity contribution >= 4 is 23.4 Å². The van der Waals surface area contributed by atoms with Crippen molar-refractivity contribution in [3.05, 3.63) is 36.1 Å². The van der Waals surface area contributed by atoms with E-state index >= 15 is 0 Å². The summed E-state index contributed by atoms with van der Waals surface area (Å²) < 4.78 is 5.88. The van der Waals surface area contributed by atoms with Gasteiger partial charge < -0.3 is 9.73 Å². The van der Waals surface area contributed by atoms with E-state index in [0.29, 0.717) is 6.04 Å². The van der Waals surface area contributed by atoms with E-state index in [2.05, 4.69) is 37.4 Å². The van der Waals surface area contributed by atoms with Crippen molar-refractivity contribution < 1.29 is 4.42 Å². The molecule has 1 heterocycles. The van der Waals surface area contributed by atoms with Crippen LogP contribution in [0.1, 0.15) is 38.9 Å². The molecule has 106 valence electrons. The third-order valence-electron chi connectivity index (χ3n) is 3.24. The second kappa shape index (κ2) is 8.23. The van der Waals surface area contributed by atoms with Gasteiger partial charge in [-0.05, 0) is 31.5 Å². The van der Waals surface area contributed by atoms with Gasteiger partial charge in [0.2, 0.25) is 0 Å². The van der Waals surface area contributed by atoms with Crippen molar-refractivity contribution in [1.82, 2.24) is 5.32 Å². The van der Waals surface area contributed by atoms with Gasteiger partial charge in [0.05, 0.1) is 0 Å². The first kappa shape index (κ1) is 16.1. The highest BCUT2D eigenvalue weighted by atomic mass is 35.5. The van der Waals surface area contributed by atoms with Gasteiger partial charge in [-0.3, -0.25) is 0 Å². The highest BCUT2D eigenvalue weighted by Gasteiger charge is 2.11. The Kier molecular flexibility index (Phi) is 6.96. The summed E-state index contributed by atoms with van der Waals surface area (Å²) in [6, 6.07) is 10.9. The van der Waals surface area contributed by atoms with Crippen LogP contribution in [0.25, 0.3) is 11.0 Å². The molecule has 3 heteroatoms. The minimum atomic E-state index is 0. The summed E-state index contributed by atoms with van der Waals surface area (Å²) in [6.45, 7) is 5.53. The summed E-state index contributed by atoms with van der Waals surface area (Å²) in [4.78, 5) is 0. The predicted molar refractivity (Wildman–Crippen MR) is 84.2 cm³/mol. The Hall–Kier alpha value is -0.990. The fourth-order valence-electron chi connectivity index (χ4n) is 2.35. The molecule has 0 fully saturated rings. The van der Waals surface area contributed by atoms with Gasteiger partial charge in [-0.2, -0.15) is 0 Å². The molecule has 1 aromatic carbocycles. The van der Waals surface area contributed by atoms with E-state index in [9.17, 15) is 0 Å². The van der Waals surface area contributed by atoms with Gasteiger partial charge >= 0.3 is 0 Å². The molecule has 0 saturated heterocycles. The molecule has 0 aliphatic heterocycles. The van der Waals surface area contributed by atoms with E-state index in [0.717, 1.165) is 24.3 Å². The largest absolute Gasteiger partial charge is 0.461 e. The second-order valence-corrected chi connectivity index (χ2v) is 4.89. The van der Waals surface area contributed by atoms with Crippen molar-refractivity contribution in [2.45, 2.75) is 45.6 Å². The molecule has 1 N–H and O–H groups in total. The lowest BCUT2D eigenvalue weighted by Crippen LogP contribution is -2.31. The molecule has 19 heavy (non-hydrogen) atoms. The molecular formula is C16H24ClNO. The van der Waals surface area contributed by atoms with Crippen molar-refractivity contribution in [3.8, 4) is 0 Å². The highest BCUT2D eigenvalue weighted by Crippen LogP contribution is 2.20. The Bertz CT molecular complexity index is 447. The zero-order valence-electron chi connectivity index (χ0n) is 11.8. The lowest BCUT2D eigenvalue weighted by Gasteiger charge is -2.16. The Labute approximate surface area is 122 Å². The molecule has 0 radical (unpaired) electrons. The quantitative estimate of drug-likeness (QED) is 0.804. The lowest BCUT2D eigenvalue weighted by atomic mass is 10.1. The predicted octanol–water partition coefficient (Wildman–Crippen LogP) is 4.57. The molecule has 2 rings (SSSR count). The van der Waals surface area contributed by atoms with Gasteiger partial charge in [0.1, 0.15) is 11.3 Å². The molecule has 1 aromatic heterocycles. The van der Waals surface area contributed by atoms with Crippen LogP contribution in [0.5, 0.6) is 0 Å². The molecule has 0 aliphatic rings. The zero-order chi connectivity index (χ0) is 12.8.